The summed E-state index contributed by atoms with van der Waals surface area (Å²) in [5.41, 5.74) is 4.09. The maximum Gasteiger partial charge on any atom is 0.255 e. The van der Waals surface area contributed by atoms with Gasteiger partial charge in [0.05, 0.1) is 23.4 Å². The number of thiazole rings is 1. The number of rotatable bonds is 5. The molecule has 1 saturated heterocycles. The van der Waals surface area contributed by atoms with Crippen LogP contribution < -0.4 is 5.32 Å². The minimum atomic E-state index is -0.172. The standard InChI is InChI=1S/C24H25N3O2S/c1-17-9-11-18(12-10-17)23-25-19(16-30-23)15-22(28)26-21-8-4-3-7-20(21)24(29)27-13-5-2-6-14-27/h3-4,7-12,16H,2,5-6,13-15H2,1H3,(H,26,28). The third kappa shape index (κ3) is 4.76. The minimum absolute atomic E-state index is 0.0130. The number of benzene rings is 2. The molecule has 0 unspecified atom stereocenters. The van der Waals surface area contributed by atoms with Gasteiger partial charge in [0, 0.05) is 24.0 Å². The van der Waals surface area contributed by atoms with Crippen LogP contribution in [0.5, 0.6) is 0 Å². The van der Waals surface area contributed by atoms with Gasteiger partial charge in [-0.15, -0.1) is 11.3 Å². The molecule has 0 aliphatic carbocycles. The van der Waals surface area contributed by atoms with Crippen LogP contribution >= 0.6 is 11.3 Å². The smallest absolute Gasteiger partial charge is 0.255 e. The van der Waals surface area contributed by atoms with Gasteiger partial charge in [0.2, 0.25) is 5.91 Å². The van der Waals surface area contributed by atoms with E-state index in [4.69, 9.17) is 0 Å². The van der Waals surface area contributed by atoms with E-state index in [-0.39, 0.29) is 18.2 Å². The van der Waals surface area contributed by atoms with E-state index in [0.29, 0.717) is 11.3 Å². The van der Waals surface area contributed by atoms with Gasteiger partial charge in [0.25, 0.3) is 5.91 Å². The molecule has 2 heterocycles. The van der Waals surface area contributed by atoms with E-state index in [1.807, 2.05) is 34.5 Å². The topological polar surface area (TPSA) is 62.3 Å². The SMILES string of the molecule is Cc1ccc(-c2nc(CC(=O)Nc3ccccc3C(=O)N3CCCCC3)cs2)cc1. The van der Waals surface area contributed by atoms with Crippen LogP contribution in [0.3, 0.4) is 0 Å². The first-order valence-electron chi connectivity index (χ1n) is 10.3. The number of carbonyl (C=O) groups is 2. The largest absolute Gasteiger partial charge is 0.339 e. The van der Waals surface area contributed by atoms with Crippen LogP contribution in [0, 0.1) is 6.92 Å². The Balaban J connectivity index is 1.43. The summed E-state index contributed by atoms with van der Waals surface area (Å²) < 4.78 is 0. The maximum atomic E-state index is 12.9. The van der Waals surface area contributed by atoms with Crippen molar-refractivity contribution in [1.29, 1.82) is 0 Å². The Bertz CT molecular complexity index is 1040. The Kier molecular flexibility index (Phi) is 6.23. The zero-order chi connectivity index (χ0) is 20.9. The molecule has 1 aromatic heterocycles. The first kappa shape index (κ1) is 20.3. The molecule has 154 valence electrons. The fourth-order valence-corrected chi connectivity index (χ4v) is 4.45. The second-order valence-corrected chi connectivity index (χ2v) is 8.49. The van der Waals surface area contributed by atoms with Crippen molar-refractivity contribution in [1.82, 2.24) is 9.88 Å². The first-order valence-corrected chi connectivity index (χ1v) is 11.2. The first-order chi connectivity index (χ1) is 14.6. The average molecular weight is 420 g/mol. The molecule has 30 heavy (non-hydrogen) atoms. The van der Waals surface area contributed by atoms with Crippen LogP contribution in [0.2, 0.25) is 0 Å². The Morgan fingerprint density at radius 1 is 1.03 bits per heavy atom. The van der Waals surface area contributed by atoms with Crippen molar-refractivity contribution < 1.29 is 9.59 Å². The molecule has 1 fully saturated rings. The van der Waals surface area contributed by atoms with Crippen LogP contribution in [-0.4, -0.2) is 34.8 Å². The van der Waals surface area contributed by atoms with Crippen molar-refractivity contribution in [3.8, 4) is 10.6 Å². The quantitative estimate of drug-likeness (QED) is 0.638. The summed E-state index contributed by atoms with van der Waals surface area (Å²) in [7, 11) is 0. The van der Waals surface area contributed by atoms with Gasteiger partial charge in [0.15, 0.2) is 0 Å². The summed E-state index contributed by atoms with van der Waals surface area (Å²) in [6.45, 7) is 3.61. The third-order valence-electron chi connectivity index (χ3n) is 5.27. The van der Waals surface area contributed by atoms with Gasteiger partial charge in [0.1, 0.15) is 5.01 Å². The van der Waals surface area contributed by atoms with Gasteiger partial charge in [-0.1, -0.05) is 42.0 Å². The van der Waals surface area contributed by atoms with Crippen LogP contribution in [0.25, 0.3) is 10.6 Å². The number of likely N-dealkylation sites (tertiary alicyclic amines) is 1. The molecule has 3 aromatic rings. The van der Waals surface area contributed by atoms with Gasteiger partial charge < -0.3 is 10.2 Å². The van der Waals surface area contributed by atoms with Crippen molar-refractivity contribution in [3.63, 3.8) is 0 Å². The van der Waals surface area contributed by atoms with Gasteiger partial charge in [-0.05, 0) is 38.3 Å². The Morgan fingerprint density at radius 2 is 1.77 bits per heavy atom. The number of nitrogens with zero attached hydrogens (tertiary/aromatic N) is 2. The van der Waals surface area contributed by atoms with Gasteiger partial charge in [-0.25, -0.2) is 4.98 Å². The molecule has 0 atom stereocenters. The lowest BCUT2D eigenvalue weighted by Crippen LogP contribution is -2.36. The molecule has 1 aliphatic rings. The lowest BCUT2D eigenvalue weighted by molar-refractivity contribution is -0.115. The van der Waals surface area contributed by atoms with Crippen LogP contribution in [0.1, 0.15) is 40.9 Å². The van der Waals surface area contributed by atoms with Gasteiger partial charge in [-0.3, -0.25) is 9.59 Å². The molecule has 0 saturated carbocycles. The second-order valence-electron chi connectivity index (χ2n) is 7.63. The minimum Gasteiger partial charge on any atom is -0.339 e. The number of hydrogen-bond donors (Lipinski definition) is 1. The Hall–Kier alpha value is -2.99. The number of amides is 2. The number of piperidine rings is 1. The highest BCUT2D eigenvalue weighted by Crippen LogP contribution is 2.25. The summed E-state index contributed by atoms with van der Waals surface area (Å²) in [4.78, 5) is 32.0. The number of para-hydroxylation sites is 1. The van der Waals surface area contributed by atoms with Crippen molar-refractivity contribution in [2.45, 2.75) is 32.6 Å². The van der Waals surface area contributed by atoms with Gasteiger partial charge >= 0.3 is 0 Å². The van der Waals surface area contributed by atoms with E-state index in [1.54, 1.807) is 12.1 Å². The maximum absolute atomic E-state index is 12.9. The summed E-state index contributed by atoms with van der Waals surface area (Å²) >= 11 is 1.53. The molecule has 6 heteroatoms. The lowest BCUT2D eigenvalue weighted by Gasteiger charge is -2.27. The Morgan fingerprint density at radius 3 is 2.53 bits per heavy atom. The molecule has 4 rings (SSSR count). The number of anilines is 1. The monoisotopic (exact) mass is 419 g/mol. The number of aryl methyl sites for hydroxylation is 1. The van der Waals surface area contributed by atoms with Crippen molar-refractivity contribution >= 4 is 28.8 Å². The molecule has 0 radical (unpaired) electrons. The summed E-state index contributed by atoms with van der Waals surface area (Å²) in [6.07, 6.45) is 3.41. The number of nitrogens with one attached hydrogen (secondary N) is 1. The zero-order valence-corrected chi connectivity index (χ0v) is 17.9. The number of carbonyl (C=O) groups excluding carboxylic acids is 2. The molecular weight excluding hydrogens is 394 g/mol. The van der Waals surface area contributed by atoms with Crippen molar-refractivity contribution in [2.75, 3.05) is 18.4 Å². The molecule has 0 bridgehead atoms. The van der Waals surface area contributed by atoms with E-state index in [1.165, 1.54) is 23.3 Å². The van der Waals surface area contributed by atoms with E-state index < -0.39 is 0 Å². The molecule has 2 amide bonds. The average Bonchev–Trinajstić information content (AvgIpc) is 3.23. The molecule has 5 nitrogen and oxygen atoms in total. The van der Waals surface area contributed by atoms with E-state index >= 15 is 0 Å². The zero-order valence-electron chi connectivity index (χ0n) is 17.1. The number of aromatic nitrogens is 1. The van der Waals surface area contributed by atoms with Crippen LogP contribution in [0.4, 0.5) is 5.69 Å². The molecule has 1 aliphatic heterocycles. The molecule has 2 aromatic carbocycles. The highest BCUT2D eigenvalue weighted by molar-refractivity contribution is 7.13. The summed E-state index contributed by atoms with van der Waals surface area (Å²) in [5.74, 6) is -0.185. The van der Waals surface area contributed by atoms with Gasteiger partial charge in [-0.2, -0.15) is 0 Å². The van der Waals surface area contributed by atoms with Crippen molar-refractivity contribution in [2.24, 2.45) is 0 Å². The summed E-state index contributed by atoms with van der Waals surface area (Å²) in [5, 5.41) is 5.73. The van der Waals surface area contributed by atoms with E-state index in [9.17, 15) is 9.59 Å². The normalized spacial score (nSPS) is 13.8. The van der Waals surface area contributed by atoms with Crippen molar-refractivity contribution in [3.05, 3.63) is 70.7 Å². The Labute approximate surface area is 180 Å². The van der Waals surface area contributed by atoms with Crippen LogP contribution in [-0.2, 0) is 11.2 Å². The van der Waals surface area contributed by atoms with E-state index in [0.717, 1.165) is 42.2 Å². The molecule has 0 spiro atoms. The predicted octanol–water partition coefficient (Wildman–Crippen LogP) is 4.93. The number of hydrogen-bond acceptors (Lipinski definition) is 4. The second kappa shape index (κ2) is 9.22. The highest BCUT2D eigenvalue weighted by atomic mass is 32.1. The molecular formula is C24H25N3O2S. The lowest BCUT2D eigenvalue weighted by atomic mass is 10.1. The third-order valence-corrected chi connectivity index (χ3v) is 6.21. The fraction of sp³-hybridized carbons (Fsp3) is 0.292. The van der Waals surface area contributed by atoms with E-state index in [2.05, 4.69) is 29.4 Å². The fourth-order valence-electron chi connectivity index (χ4n) is 3.62. The summed E-state index contributed by atoms with van der Waals surface area (Å²) in [6, 6.07) is 15.4. The molecule has 1 N–H and O–H groups in total. The highest BCUT2D eigenvalue weighted by Gasteiger charge is 2.21. The predicted molar refractivity (Wildman–Crippen MR) is 121 cm³/mol. The van der Waals surface area contributed by atoms with Crippen LogP contribution in [0.15, 0.2) is 53.9 Å².